The standard InChI is InChI=1S/C13H17F3N2O5S2/c14-13(15,16)24(19,20)12-6-10(25(17,21)22)3-4-11(12)18-7-9-2-1-5-23-8-9/h3-4,6,9,18H,1-2,5,7-8H2,(H2,17,21,22). The third-order valence-corrected chi connectivity index (χ3v) is 6.15. The van der Waals surface area contributed by atoms with Gasteiger partial charge in [0.1, 0.15) is 4.90 Å². The van der Waals surface area contributed by atoms with Gasteiger partial charge in [0.25, 0.3) is 9.84 Å². The molecule has 142 valence electrons. The van der Waals surface area contributed by atoms with E-state index in [4.69, 9.17) is 9.88 Å². The number of benzene rings is 1. The number of nitrogens with two attached hydrogens (primary N) is 1. The number of rotatable bonds is 5. The van der Waals surface area contributed by atoms with Crippen LogP contribution in [-0.4, -0.2) is 42.1 Å². The summed E-state index contributed by atoms with van der Waals surface area (Å²) in [5.41, 5.74) is -5.91. The zero-order valence-corrected chi connectivity index (χ0v) is 14.5. The molecule has 1 saturated heterocycles. The van der Waals surface area contributed by atoms with E-state index in [2.05, 4.69) is 5.32 Å². The van der Waals surface area contributed by atoms with Crippen LogP contribution in [0.3, 0.4) is 0 Å². The highest BCUT2D eigenvalue weighted by Gasteiger charge is 2.48. The first-order valence-electron chi connectivity index (χ1n) is 7.23. The molecule has 0 bridgehead atoms. The van der Waals surface area contributed by atoms with Crippen molar-refractivity contribution < 1.29 is 34.7 Å². The van der Waals surface area contributed by atoms with Gasteiger partial charge in [0.2, 0.25) is 10.0 Å². The predicted molar refractivity (Wildman–Crippen MR) is 83.1 cm³/mol. The number of sulfonamides is 1. The van der Waals surface area contributed by atoms with Gasteiger partial charge in [-0.05, 0) is 37.0 Å². The van der Waals surface area contributed by atoms with Gasteiger partial charge in [-0.3, -0.25) is 0 Å². The molecular weight excluding hydrogens is 385 g/mol. The molecule has 0 amide bonds. The molecule has 1 atom stereocenters. The van der Waals surface area contributed by atoms with Gasteiger partial charge >= 0.3 is 5.51 Å². The zero-order chi connectivity index (χ0) is 18.9. The van der Waals surface area contributed by atoms with Crippen molar-refractivity contribution in [1.29, 1.82) is 0 Å². The minimum Gasteiger partial charge on any atom is -0.384 e. The fourth-order valence-corrected chi connectivity index (χ4v) is 3.97. The Morgan fingerprint density at radius 1 is 1.24 bits per heavy atom. The molecule has 0 aromatic heterocycles. The fraction of sp³-hybridized carbons (Fsp3) is 0.538. The zero-order valence-electron chi connectivity index (χ0n) is 12.9. The van der Waals surface area contributed by atoms with Gasteiger partial charge in [0.05, 0.1) is 17.2 Å². The monoisotopic (exact) mass is 402 g/mol. The van der Waals surface area contributed by atoms with E-state index in [1.807, 2.05) is 0 Å². The molecular formula is C13H17F3N2O5S2. The van der Waals surface area contributed by atoms with Crippen molar-refractivity contribution in [3.8, 4) is 0 Å². The smallest absolute Gasteiger partial charge is 0.384 e. The molecule has 1 aliphatic rings. The molecule has 2 rings (SSSR count). The van der Waals surface area contributed by atoms with Gasteiger partial charge in [0.15, 0.2) is 0 Å². The van der Waals surface area contributed by atoms with E-state index in [9.17, 15) is 30.0 Å². The Labute approximate surface area is 143 Å². The number of anilines is 1. The molecule has 12 heteroatoms. The maximum absolute atomic E-state index is 12.9. The highest BCUT2D eigenvalue weighted by Crippen LogP contribution is 2.35. The van der Waals surface area contributed by atoms with Crippen molar-refractivity contribution in [1.82, 2.24) is 0 Å². The van der Waals surface area contributed by atoms with Crippen LogP contribution < -0.4 is 10.5 Å². The summed E-state index contributed by atoms with van der Waals surface area (Å²) in [5, 5.41) is 7.52. The largest absolute Gasteiger partial charge is 0.501 e. The van der Waals surface area contributed by atoms with Gasteiger partial charge in [-0.2, -0.15) is 13.2 Å². The molecule has 25 heavy (non-hydrogen) atoms. The highest BCUT2D eigenvalue weighted by atomic mass is 32.2. The summed E-state index contributed by atoms with van der Waals surface area (Å²) in [6.45, 7) is 1.20. The molecule has 0 radical (unpaired) electrons. The molecule has 0 aliphatic carbocycles. The topological polar surface area (TPSA) is 116 Å². The summed E-state index contributed by atoms with van der Waals surface area (Å²) in [7, 11) is -10.1. The molecule has 3 N–H and O–H groups in total. The summed E-state index contributed by atoms with van der Waals surface area (Å²) >= 11 is 0. The summed E-state index contributed by atoms with van der Waals surface area (Å²) in [5.74, 6) is 0.00751. The van der Waals surface area contributed by atoms with Crippen molar-refractivity contribution in [2.24, 2.45) is 11.1 Å². The number of halogens is 3. The summed E-state index contributed by atoms with van der Waals surface area (Å²) in [6.07, 6.45) is 1.58. The first kappa shape index (κ1) is 19.9. The van der Waals surface area contributed by atoms with Crippen molar-refractivity contribution in [2.75, 3.05) is 25.1 Å². The maximum Gasteiger partial charge on any atom is 0.501 e. The van der Waals surface area contributed by atoms with E-state index in [1.165, 1.54) is 0 Å². The number of hydrogen-bond donors (Lipinski definition) is 2. The molecule has 1 aromatic rings. The van der Waals surface area contributed by atoms with Crippen molar-refractivity contribution in [3.05, 3.63) is 18.2 Å². The number of nitrogens with one attached hydrogen (secondary N) is 1. The van der Waals surface area contributed by atoms with Gasteiger partial charge in [-0.15, -0.1) is 0 Å². The van der Waals surface area contributed by atoms with E-state index in [0.717, 1.165) is 25.0 Å². The average Bonchev–Trinajstić information content (AvgIpc) is 2.51. The Bertz CT molecular complexity index is 832. The Kier molecular flexibility index (Phi) is 5.66. The third-order valence-electron chi connectivity index (χ3n) is 3.71. The molecule has 1 aromatic carbocycles. The lowest BCUT2D eigenvalue weighted by molar-refractivity contribution is -0.0435. The highest BCUT2D eigenvalue weighted by molar-refractivity contribution is 7.92. The van der Waals surface area contributed by atoms with Crippen LogP contribution in [-0.2, 0) is 24.6 Å². The van der Waals surface area contributed by atoms with Crippen LogP contribution in [0, 0.1) is 5.92 Å². The molecule has 0 spiro atoms. The number of sulfone groups is 1. The molecule has 1 aliphatic heterocycles. The van der Waals surface area contributed by atoms with Crippen molar-refractivity contribution >= 4 is 25.5 Å². The van der Waals surface area contributed by atoms with E-state index in [1.54, 1.807) is 0 Å². The first-order valence-corrected chi connectivity index (χ1v) is 10.3. The lowest BCUT2D eigenvalue weighted by Gasteiger charge is -2.23. The van der Waals surface area contributed by atoms with Gasteiger partial charge in [-0.1, -0.05) is 0 Å². The third kappa shape index (κ3) is 4.63. The lowest BCUT2D eigenvalue weighted by Crippen LogP contribution is -2.27. The second-order valence-corrected chi connectivity index (χ2v) is 9.09. The maximum atomic E-state index is 12.9. The number of alkyl halides is 3. The molecule has 1 unspecified atom stereocenters. The molecule has 7 nitrogen and oxygen atoms in total. The minimum absolute atomic E-state index is 0.00751. The first-order chi connectivity index (χ1) is 11.4. The lowest BCUT2D eigenvalue weighted by atomic mass is 10.0. The number of ether oxygens (including phenoxy) is 1. The van der Waals surface area contributed by atoms with E-state index < -0.39 is 35.2 Å². The van der Waals surface area contributed by atoms with E-state index >= 15 is 0 Å². The second-order valence-electron chi connectivity index (χ2n) is 5.62. The summed E-state index contributed by atoms with van der Waals surface area (Å²) < 4.78 is 90.2. The van der Waals surface area contributed by atoms with Gasteiger partial charge < -0.3 is 10.1 Å². The second kappa shape index (κ2) is 7.09. The Balaban J connectivity index is 2.41. The Morgan fingerprint density at radius 3 is 2.44 bits per heavy atom. The average molecular weight is 402 g/mol. The minimum atomic E-state index is -5.76. The summed E-state index contributed by atoms with van der Waals surface area (Å²) in [6, 6.07) is 2.32. The van der Waals surface area contributed by atoms with Crippen LogP contribution in [0.2, 0.25) is 0 Å². The summed E-state index contributed by atoms with van der Waals surface area (Å²) in [4.78, 5) is -1.90. The molecule has 0 saturated carbocycles. The Morgan fingerprint density at radius 2 is 1.92 bits per heavy atom. The number of hydrogen-bond acceptors (Lipinski definition) is 6. The van der Waals surface area contributed by atoms with Gasteiger partial charge in [0, 0.05) is 13.2 Å². The fourth-order valence-electron chi connectivity index (χ4n) is 2.40. The molecule has 1 heterocycles. The quantitative estimate of drug-likeness (QED) is 0.771. The molecule has 1 fully saturated rings. The van der Waals surface area contributed by atoms with Crippen LogP contribution in [0.25, 0.3) is 0 Å². The van der Waals surface area contributed by atoms with Crippen LogP contribution in [0.5, 0.6) is 0 Å². The van der Waals surface area contributed by atoms with Crippen LogP contribution >= 0.6 is 0 Å². The van der Waals surface area contributed by atoms with E-state index in [-0.39, 0.29) is 18.2 Å². The van der Waals surface area contributed by atoms with Crippen molar-refractivity contribution in [2.45, 2.75) is 28.1 Å². The van der Waals surface area contributed by atoms with E-state index in [0.29, 0.717) is 19.3 Å². The normalized spacial score (nSPS) is 19.6. The van der Waals surface area contributed by atoms with Crippen LogP contribution in [0.1, 0.15) is 12.8 Å². The SMILES string of the molecule is NS(=O)(=O)c1ccc(NCC2CCCOC2)c(S(=O)(=O)C(F)(F)F)c1. The van der Waals surface area contributed by atoms with Gasteiger partial charge in [-0.25, -0.2) is 22.0 Å². The Hall–Kier alpha value is -1.37. The predicted octanol–water partition coefficient (Wildman–Crippen LogP) is 1.47. The van der Waals surface area contributed by atoms with Crippen LogP contribution in [0.4, 0.5) is 18.9 Å². The van der Waals surface area contributed by atoms with Crippen LogP contribution in [0.15, 0.2) is 28.0 Å². The van der Waals surface area contributed by atoms with Crippen molar-refractivity contribution in [3.63, 3.8) is 0 Å². The number of primary sulfonamides is 1.